The maximum absolute atomic E-state index is 5.70. The average Bonchev–Trinajstić information content (AvgIpc) is 2.72. The van der Waals surface area contributed by atoms with Gasteiger partial charge in [-0.1, -0.05) is 20.3 Å². The van der Waals surface area contributed by atoms with Gasteiger partial charge in [0.1, 0.15) is 10.0 Å². The number of rotatable bonds is 3. The van der Waals surface area contributed by atoms with Gasteiger partial charge >= 0.3 is 0 Å². The summed E-state index contributed by atoms with van der Waals surface area (Å²) in [4.78, 5) is 0. The summed E-state index contributed by atoms with van der Waals surface area (Å²) < 4.78 is 0. The summed E-state index contributed by atoms with van der Waals surface area (Å²) >= 11 is 7.45. The molecule has 0 radical (unpaired) electrons. The molecule has 0 aromatic carbocycles. The van der Waals surface area contributed by atoms with Gasteiger partial charge in [-0.05, 0) is 18.3 Å². The smallest absolute Gasteiger partial charge is 0.121 e. The number of hydrogen-bond acceptors (Lipinski definition) is 3. The molecule has 0 aliphatic heterocycles. The third-order valence-electron chi connectivity index (χ3n) is 3.35. The van der Waals surface area contributed by atoms with Crippen LogP contribution in [-0.2, 0) is 6.42 Å². The van der Waals surface area contributed by atoms with Gasteiger partial charge in [0.05, 0.1) is 0 Å². The summed E-state index contributed by atoms with van der Waals surface area (Å²) in [6.45, 7) is 4.68. The van der Waals surface area contributed by atoms with Crippen LogP contribution in [0, 0.1) is 5.41 Å². The van der Waals surface area contributed by atoms with Gasteiger partial charge in [-0.2, -0.15) is 0 Å². The Hall–Kier alpha value is -0.150. The maximum atomic E-state index is 5.70. The fraction of sp³-hybridized carbons (Fsp3) is 0.818. The quantitative estimate of drug-likeness (QED) is 0.759. The highest BCUT2D eigenvalue weighted by molar-refractivity contribution is 7.11. The Bertz CT molecular complexity index is 335. The van der Waals surface area contributed by atoms with E-state index in [4.69, 9.17) is 11.6 Å². The van der Waals surface area contributed by atoms with Crippen molar-refractivity contribution in [1.82, 2.24) is 10.2 Å². The number of aryl methyl sites for hydroxylation is 1. The van der Waals surface area contributed by atoms with Crippen molar-refractivity contribution < 1.29 is 0 Å². The zero-order chi connectivity index (χ0) is 10.9. The number of aromatic nitrogens is 2. The molecule has 1 atom stereocenters. The lowest BCUT2D eigenvalue weighted by Crippen LogP contribution is -2.15. The highest BCUT2D eigenvalue weighted by Gasteiger charge is 2.37. The van der Waals surface area contributed by atoms with E-state index in [0.717, 1.165) is 11.4 Å². The molecule has 0 N–H and O–H groups in total. The molecule has 4 heteroatoms. The van der Waals surface area contributed by atoms with Crippen molar-refractivity contribution in [2.45, 2.75) is 45.4 Å². The van der Waals surface area contributed by atoms with Gasteiger partial charge in [-0.3, -0.25) is 0 Å². The first-order chi connectivity index (χ1) is 7.13. The molecule has 0 spiro atoms. The highest BCUT2D eigenvalue weighted by Crippen LogP contribution is 2.49. The van der Waals surface area contributed by atoms with Gasteiger partial charge in [0.2, 0.25) is 0 Å². The number of alkyl halides is 1. The second-order valence-electron chi connectivity index (χ2n) is 4.91. The van der Waals surface area contributed by atoms with E-state index in [1.165, 1.54) is 24.3 Å². The predicted molar refractivity (Wildman–Crippen MR) is 64.7 cm³/mol. The number of hydrogen-bond donors (Lipinski definition) is 0. The summed E-state index contributed by atoms with van der Waals surface area (Å²) in [6, 6.07) is 0. The van der Waals surface area contributed by atoms with Crippen LogP contribution in [0.3, 0.4) is 0 Å². The summed E-state index contributed by atoms with van der Waals surface area (Å²) in [7, 11) is 0. The third-order valence-corrected chi connectivity index (χ3v) is 4.63. The van der Waals surface area contributed by atoms with Crippen LogP contribution in [0.15, 0.2) is 0 Å². The van der Waals surface area contributed by atoms with Crippen LogP contribution in [0.1, 0.15) is 49.0 Å². The molecule has 1 fully saturated rings. The SMILES string of the molecule is CC1(C)CCCC1c1nnc(CCCl)s1. The molecule has 2 rings (SSSR count). The number of nitrogens with zero attached hydrogens (tertiary/aromatic N) is 2. The van der Waals surface area contributed by atoms with E-state index in [1.807, 2.05) is 0 Å². The summed E-state index contributed by atoms with van der Waals surface area (Å²) in [5.41, 5.74) is 0.401. The van der Waals surface area contributed by atoms with Crippen LogP contribution in [-0.4, -0.2) is 16.1 Å². The van der Waals surface area contributed by atoms with Gasteiger partial charge in [0.15, 0.2) is 0 Å². The standard InChI is InChI=1S/C11H17ClN2S/c1-11(2)6-3-4-8(11)10-14-13-9(15-10)5-7-12/h8H,3-7H2,1-2H3. The minimum atomic E-state index is 0.401. The van der Waals surface area contributed by atoms with Crippen molar-refractivity contribution in [1.29, 1.82) is 0 Å². The Morgan fingerprint density at radius 2 is 2.27 bits per heavy atom. The summed E-state index contributed by atoms with van der Waals surface area (Å²) in [5, 5.41) is 10.8. The first-order valence-electron chi connectivity index (χ1n) is 5.52. The van der Waals surface area contributed by atoms with Crippen LogP contribution >= 0.6 is 22.9 Å². The van der Waals surface area contributed by atoms with E-state index < -0.39 is 0 Å². The maximum Gasteiger partial charge on any atom is 0.121 e. The lowest BCUT2D eigenvalue weighted by molar-refractivity contribution is 0.330. The van der Waals surface area contributed by atoms with Crippen molar-refractivity contribution in [3.05, 3.63) is 10.0 Å². The predicted octanol–water partition coefficient (Wildman–Crippen LogP) is 3.61. The van der Waals surface area contributed by atoms with Crippen LogP contribution in [0.25, 0.3) is 0 Å². The second kappa shape index (κ2) is 4.38. The normalized spacial score (nSPS) is 24.6. The van der Waals surface area contributed by atoms with Crippen molar-refractivity contribution >= 4 is 22.9 Å². The van der Waals surface area contributed by atoms with Crippen LogP contribution < -0.4 is 0 Å². The van der Waals surface area contributed by atoms with Gasteiger partial charge in [0.25, 0.3) is 0 Å². The van der Waals surface area contributed by atoms with E-state index in [1.54, 1.807) is 11.3 Å². The minimum Gasteiger partial charge on any atom is -0.144 e. The van der Waals surface area contributed by atoms with Crippen LogP contribution in [0.5, 0.6) is 0 Å². The van der Waals surface area contributed by atoms with Gasteiger partial charge in [0, 0.05) is 18.2 Å². The van der Waals surface area contributed by atoms with Gasteiger partial charge < -0.3 is 0 Å². The molecule has 1 unspecified atom stereocenters. The van der Waals surface area contributed by atoms with Crippen molar-refractivity contribution in [2.75, 3.05) is 5.88 Å². The van der Waals surface area contributed by atoms with E-state index in [9.17, 15) is 0 Å². The van der Waals surface area contributed by atoms with E-state index >= 15 is 0 Å². The Labute approximate surface area is 100 Å². The minimum absolute atomic E-state index is 0.401. The van der Waals surface area contributed by atoms with Crippen molar-refractivity contribution in [3.8, 4) is 0 Å². The number of halogens is 1. The van der Waals surface area contributed by atoms with Crippen molar-refractivity contribution in [3.63, 3.8) is 0 Å². The molecule has 2 nitrogen and oxygen atoms in total. The zero-order valence-electron chi connectivity index (χ0n) is 9.29. The van der Waals surface area contributed by atoms with Gasteiger partial charge in [-0.15, -0.1) is 33.1 Å². The Morgan fingerprint density at radius 1 is 1.47 bits per heavy atom. The Morgan fingerprint density at radius 3 is 2.87 bits per heavy atom. The molecular weight excluding hydrogens is 228 g/mol. The van der Waals surface area contributed by atoms with E-state index in [-0.39, 0.29) is 0 Å². The molecule has 84 valence electrons. The summed E-state index contributed by atoms with van der Waals surface area (Å²) in [5.74, 6) is 1.25. The average molecular weight is 245 g/mol. The monoisotopic (exact) mass is 244 g/mol. The van der Waals surface area contributed by atoms with Crippen LogP contribution in [0.2, 0.25) is 0 Å². The molecule has 0 saturated heterocycles. The van der Waals surface area contributed by atoms with E-state index in [2.05, 4.69) is 24.0 Å². The molecule has 1 aliphatic carbocycles. The fourth-order valence-corrected chi connectivity index (χ4v) is 3.85. The van der Waals surface area contributed by atoms with E-state index in [0.29, 0.717) is 17.2 Å². The first kappa shape index (κ1) is 11.3. The Kier molecular flexibility index (Phi) is 3.31. The molecule has 15 heavy (non-hydrogen) atoms. The molecule has 0 amide bonds. The molecule has 0 bridgehead atoms. The topological polar surface area (TPSA) is 25.8 Å². The zero-order valence-corrected chi connectivity index (χ0v) is 10.9. The largest absolute Gasteiger partial charge is 0.144 e. The lowest BCUT2D eigenvalue weighted by Gasteiger charge is -2.24. The van der Waals surface area contributed by atoms with Crippen LogP contribution in [0.4, 0.5) is 0 Å². The molecule has 1 aromatic heterocycles. The highest BCUT2D eigenvalue weighted by atomic mass is 35.5. The van der Waals surface area contributed by atoms with Crippen molar-refractivity contribution in [2.24, 2.45) is 5.41 Å². The van der Waals surface area contributed by atoms with Gasteiger partial charge in [-0.25, -0.2) is 0 Å². The molecule has 1 aliphatic rings. The summed E-state index contributed by atoms with van der Waals surface area (Å²) in [6.07, 6.45) is 4.75. The second-order valence-corrected chi connectivity index (χ2v) is 6.38. The first-order valence-corrected chi connectivity index (χ1v) is 6.87. The molecule has 1 aromatic rings. The fourth-order valence-electron chi connectivity index (χ4n) is 2.37. The lowest BCUT2D eigenvalue weighted by atomic mass is 9.82. The molecular formula is C11H17ClN2S. The Balaban J connectivity index is 2.15. The third kappa shape index (κ3) is 2.34. The molecule has 1 saturated carbocycles. The molecule has 1 heterocycles.